The van der Waals surface area contributed by atoms with Gasteiger partial charge in [0, 0.05) is 24.7 Å². The van der Waals surface area contributed by atoms with Crippen LogP contribution < -0.4 is 15.8 Å². The number of ether oxygens (including phenoxy) is 1. The maximum atomic E-state index is 12.9. The Labute approximate surface area is 161 Å². The van der Waals surface area contributed by atoms with Crippen molar-refractivity contribution in [1.82, 2.24) is 4.90 Å². The van der Waals surface area contributed by atoms with Gasteiger partial charge in [-0.05, 0) is 48.7 Å². The molecule has 27 heavy (non-hydrogen) atoms. The Morgan fingerprint density at radius 1 is 1.19 bits per heavy atom. The Balaban J connectivity index is 1.69. The number of benzene rings is 2. The van der Waals surface area contributed by atoms with Gasteiger partial charge in [-0.2, -0.15) is 0 Å². The molecule has 1 saturated heterocycles. The van der Waals surface area contributed by atoms with Gasteiger partial charge in [-0.1, -0.05) is 37.3 Å². The van der Waals surface area contributed by atoms with Crippen LogP contribution in [0.15, 0.2) is 54.6 Å². The van der Waals surface area contributed by atoms with E-state index >= 15 is 0 Å². The van der Waals surface area contributed by atoms with Crippen LogP contribution in [0.3, 0.4) is 0 Å². The molecule has 0 aromatic heterocycles. The Bertz CT molecular complexity index is 733. The molecule has 2 aromatic rings. The Morgan fingerprint density at radius 3 is 2.48 bits per heavy atom. The van der Waals surface area contributed by atoms with E-state index in [1.807, 2.05) is 30.3 Å². The van der Waals surface area contributed by atoms with E-state index in [4.69, 9.17) is 10.5 Å². The number of nitrogens with two attached hydrogens (primary N) is 1. The van der Waals surface area contributed by atoms with Gasteiger partial charge in [0.2, 0.25) is 5.91 Å². The maximum absolute atomic E-state index is 12.9. The molecule has 1 unspecified atom stereocenters. The minimum atomic E-state index is -0.158. The van der Waals surface area contributed by atoms with Gasteiger partial charge in [0.15, 0.2) is 0 Å². The van der Waals surface area contributed by atoms with Gasteiger partial charge in [0.25, 0.3) is 0 Å². The molecule has 0 radical (unpaired) electrons. The zero-order chi connectivity index (χ0) is 19.2. The van der Waals surface area contributed by atoms with E-state index in [9.17, 15) is 4.79 Å². The predicted octanol–water partition coefficient (Wildman–Crippen LogP) is 3.09. The highest BCUT2D eigenvalue weighted by atomic mass is 16.5. The zero-order valence-corrected chi connectivity index (χ0v) is 16.1. The van der Waals surface area contributed by atoms with Crippen LogP contribution in [-0.4, -0.2) is 43.6 Å². The molecule has 1 heterocycles. The van der Waals surface area contributed by atoms with Crippen molar-refractivity contribution in [2.24, 2.45) is 11.7 Å². The van der Waals surface area contributed by atoms with Crippen molar-refractivity contribution in [2.75, 3.05) is 32.1 Å². The number of nitrogens with one attached hydrogen (secondary N) is 1. The monoisotopic (exact) mass is 367 g/mol. The highest BCUT2D eigenvalue weighted by Gasteiger charge is 2.37. The summed E-state index contributed by atoms with van der Waals surface area (Å²) in [5, 5.41) is 3.04. The first-order chi connectivity index (χ1) is 13.2. The third-order valence-corrected chi connectivity index (χ3v) is 5.49. The number of amides is 1. The summed E-state index contributed by atoms with van der Waals surface area (Å²) in [6, 6.07) is 17.8. The summed E-state index contributed by atoms with van der Waals surface area (Å²) in [4.78, 5) is 15.2. The number of anilines is 1. The minimum Gasteiger partial charge on any atom is -0.497 e. The fourth-order valence-electron chi connectivity index (χ4n) is 3.99. The Morgan fingerprint density at radius 2 is 1.89 bits per heavy atom. The lowest BCUT2D eigenvalue weighted by Crippen LogP contribution is -2.42. The van der Waals surface area contributed by atoms with Gasteiger partial charge in [-0.3, -0.25) is 9.69 Å². The summed E-state index contributed by atoms with van der Waals surface area (Å²) in [6.07, 6.45) is 0.765. The number of rotatable bonds is 7. The van der Waals surface area contributed by atoms with E-state index in [1.165, 1.54) is 5.56 Å². The number of hydrogen-bond acceptors (Lipinski definition) is 4. The van der Waals surface area contributed by atoms with E-state index in [1.54, 1.807) is 7.11 Å². The summed E-state index contributed by atoms with van der Waals surface area (Å²) in [5.41, 5.74) is 8.15. The first-order valence-corrected chi connectivity index (χ1v) is 9.60. The molecule has 0 spiro atoms. The van der Waals surface area contributed by atoms with Crippen LogP contribution in [0.5, 0.6) is 5.75 Å². The third kappa shape index (κ3) is 4.49. The number of likely N-dealkylation sites (tertiary alicyclic amines) is 1. The van der Waals surface area contributed by atoms with Crippen LogP contribution >= 0.6 is 0 Å². The third-order valence-electron chi connectivity index (χ3n) is 5.49. The minimum absolute atomic E-state index is 0.0344. The Kier molecular flexibility index (Phi) is 6.48. The summed E-state index contributed by atoms with van der Waals surface area (Å²) in [6.45, 7) is 4.41. The van der Waals surface area contributed by atoms with Gasteiger partial charge in [-0.15, -0.1) is 0 Å². The molecule has 0 bridgehead atoms. The fraction of sp³-hybridized carbons (Fsp3) is 0.409. The second-order valence-corrected chi connectivity index (χ2v) is 7.11. The van der Waals surface area contributed by atoms with Crippen molar-refractivity contribution in [3.63, 3.8) is 0 Å². The molecule has 5 heteroatoms. The van der Waals surface area contributed by atoms with E-state index < -0.39 is 0 Å². The van der Waals surface area contributed by atoms with Crippen molar-refractivity contribution in [3.05, 3.63) is 60.2 Å². The molecule has 1 aliphatic heterocycles. The number of carbonyl (C=O) groups is 1. The number of hydrogen-bond donors (Lipinski definition) is 2. The fourth-order valence-corrected chi connectivity index (χ4v) is 3.99. The van der Waals surface area contributed by atoms with Gasteiger partial charge in [0.1, 0.15) is 5.75 Å². The highest BCUT2D eigenvalue weighted by Crippen LogP contribution is 2.33. The molecule has 1 amide bonds. The van der Waals surface area contributed by atoms with Gasteiger partial charge in [-0.25, -0.2) is 0 Å². The van der Waals surface area contributed by atoms with Crippen LogP contribution in [0.4, 0.5) is 5.69 Å². The molecule has 3 rings (SSSR count). The topological polar surface area (TPSA) is 67.6 Å². The first kappa shape index (κ1) is 19.4. The molecule has 2 aromatic carbocycles. The van der Waals surface area contributed by atoms with E-state index in [0.717, 1.165) is 30.9 Å². The summed E-state index contributed by atoms with van der Waals surface area (Å²) in [5.74, 6) is 1.55. The van der Waals surface area contributed by atoms with E-state index in [-0.39, 0.29) is 11.9 Å². The van der Waals surface area contributed by atoms with Gasteiger partial charge >= 0.3 is 0 Å². The van der Waals surface area contributed by atoms with Crippen molar-refractivity contribution < 1.29 is 9.53 Å². The van der Waals surface area contributed by atoms with Gasteiger partial charge in [0.05, 0.1) is 13.2 Å². The molecular weight excluding hydrogens is 338 g/mol. The lowest BCUT2D eigenvalue weighted by atomic mass is 9.89. The average molecular weight is 367 g/mol. The van der Waals surface area contributed by atoms with Crippen LogP contribution in [0, 0.1) is 5.92 Å². The van der Waals surface area contributed by atoms with Crippen LogP contribution in [0.2, 0.25) is 0 Å². The van der Waals surface area contributed by atoms with Crippen LogP contribution in [0.1, 0.15) is 24.8 Å². The lowest BCUT2D eigenvalue weighted by molar-refractivity contribution is -0.121. The lowest BCUT2D eigenvalue weighted by Gasteiger charge is -2.26. The standard InChI is InChI=1S/C22H29N3O2/c1-3-21(22(26)24-18-9-11-19(27-2)12-10-18)25-14-17(13-23)20(15-25)16-7-5-4-6-8-16/h4-12,17,20-21H,3,13-15,23H2,1-2H3,(H,24,26)/t17-,20+,21?/m1/s1. The molecular formula is C22H29N3O2. The summed E-state index contributed by atoms with van der Waals surface area (Å²) < 4.78 is 5.17. The Hall–Kier alpha value is -2.37. The van der Waals surface area contributed by atoms with Gasteiger partial charge < -0.3 is 15.8 Å². The van der Waals surface area contributed by atoms with E-state index in [2.05, 4.69) is 41.4 Å². The second kappa shape index (κ2) is 9.02. The molecule has 0 aliphatic carbocycles. The number of carbonyl (C=O) groups excluding carboxylic acids is 1. The quantitative estimate of drug-likeness (QED) is 0.789. The predicted molar refractivity (Wildman–Crippen MR) is 109 cm³/mol. The molecule has 0 saturated carbocycles. The first-order valence-electron chi connectivity index (χ1n) is 9.60. The SMILES string of the molecule is CCC(C(=O)Nc1ccc(OC)cc1)N1C[C@@H](CN)[C@H](c2ccccc2)C1. The smallest absolute Gasteiger partial charge is 0.241 e. The second-order valence-electron chi connectivity index (χ2n) is 7.11. The van der Waals surface area contributed by atoms with Crippen molar-refractivity contribution >= 4 is 11.6 Å². The summed E-state index contributed by atoms with van der Waals surface area (Å²) in [7, 11) is 1.63. The normalized spacial score (nSPS) is 21.0. The summed E-state index contributed by atoms with van der Waals surface area (Å²) >= 11 is 0. The number of nitrogens with zero attached hydrogens (tertiary/aromatic N) is 1. The van der Waals surface area contributed by atoms with E-state index in [0.29, 0.717) is 18.4 Å². The zero-order valence-electron chi connectivity index (χ0n) is 16.1. The molecule has 3 N–H and O–H groups in total. The average Bonchev–Trinajstić information content (AvgIpc) is 3.14. The van der Waals surface area contributed by atoms with Crippen LogP contribution in [-0.2, 0) is 4.79 Å². The molecule has 3 atom stereocenters. The highest BCUT2D eigenvalue weighted by molar-refractivity contribution is 5.94. The van der Waals surface area contributed by atoms with Crippen LogP contribution in [0.25, 0.3) is 0 Å². The molecule has 1 fully saturated rings. The molecule has 144 valence electrons. The molecule has 1 aliphatic rings. The van der Waals surface area contributed by atoms with Crippen molar-refractivity contribution in [3.8, 4) is 5.75 Å². The number of methoxy groups -OCH3 is 1. The van der Waals surface area contributed by atoms with Crippen molar-refractivity contribution in [2.45, 2.75) is 25.3 Å². The maximum Gasteiger partial charge on any atom is 0.241 e. The molecule has 5 nitrogen and oxygen atoms in total. The van der Waals surface area contributed by atoms with Crippen molar-refractivity contribution in [1.29, 1.82) is 0 Å². The largest absolute Gasteiger partial charge is 0.497 e.